The Hall–Kier alpha value is -6.07. The van der Waals surface area contributed by atoms with E-state index < -0.39 is 0 Å². The number of hydrogen-bond acceptors (Lipinski definition) is 5. The van der Waals surface area contributed by atoms with Crippen molar-refractivity contribution in [3.63, 3.8) is 0 Å². The van der Waals surface area contributed by atoms with Crippen molar-refractivity contribution >= 4 is 43.9 Å². The van der Waals surface area contributed by atoms with Crippen molar-refractivity contribution in [2.24, 2.45) is 0 Å². The van der Waals surface area contributed by atoms with Gasteiger partial charge >= 0.3 is 0 Å². The zero-order valence-corrected chi connectivity index (χ0v) is 23.4. The van der Waals surface area contributed by atoms with E-state index in [2.05, 4.69) is 30.3 Å². The van der Waals surface area contributed by atoms with Crippen LogP contribution in [0.1, 0.15) is 0 Å². The summed E-state index contributed by atoms with van der Waals surface area (Å²) in [5, 5.41) is 4.25. The minimum atomic E-state index is 0.595. The Bertz CT molecular complexity index is 2350. The minimum absolute atomic E-state index is 0.595. The van der Waals surface area contributed by atoms with E-state index in [0.717, 1.165) is 71.7 Å². The molecule has 0 saturated heterocycles. The Morgan fingerprint density at radius 3 is 1.32 bits per heavy atom. The molecular weight excluding hydrogens is 542 g/mol. The van der Waals surface area contributed by atoms with Gasteiger partial charge in [0.15, 0.2) is 17.5 Å². The van der Waals surface area contributed by atoms with Crippen molar-refractivity contribution in [1.29, 1.82) is 0 Å². The third-order valence-corrected chi connectivity index (χ3v) is 8.12. The van der Waals surface area contributed by atoms with Crippen molar-refractivity contribution in [2.45, 2.75) is 0 Å². The second kappa shape index (κ2) is 9.75. The summed E-state index contributed by atoms with van der Waals surface area (Å²) in [5.74, 6) is 1.84. The van der Waals surface area contributed by atoms with E-state index in [-0.39, 0.29) is 0 Å². The van der Waals surface area contributed by atoms with Crippen LogP contribution in [0.4, 0.5) is 0 Å². The summed E-state index contributed by atoms with van der Waals surface area (Å²) in [4.78, 5) is 14.8. The van der Waals surface area contributed by atoms with Crippen LogP contribution in [0.25, 0.3) is 89.2 Å². The molecule has 0 aliphatic heterocycles. The maximum atomic E-state index is 6.54. The summed E-state index contributed by atoms with van der Waals surface area (Å²) < 4.78 is 13.1. The SMILES string of the molecule is c1ccc(-c2nc(-c3ccccc3)nc(-c3cccc(-c4c5oc6ccccc6c5cc5c4oc4ccccc45)c3)n2)cc1. The number of nitrogens with zero attached hydrogens (tertiary/aromatic N) is 3. The normalized spacial score (nSPS) is 11.6. The lowest BCUT2D eigenvalue weighted by Crippen LogP contribution is -2.00. The fourth-order valence-corrected chi connectivity index (χ4v) is 6.05. The summed E-state index contributed by atoms with van der Waals surface area (Å²) in [6.07, 6.45) is 0. The summed E-state index contributed by atoms with van der Waals surface area (Å²) in [6.45, 7) is 0. The molecule has 0 radical (unpaired) electrons. The number of hydrogen-bond donors (Lipinski definition) is 0. The second-order valence-electron chi connectivity index (χ2n) is 10.8. The topological polar surface area (TPSA) is 65.0 Å². The molecule has 0 N–H and O–H groups in total. The Balaban J connectivity index is 1.31. The van der Waals surface area contributed by atoms with E-state index in [1.807, 2.05) is 109 Å². The van der Waals surface area contributed by atoms with Gasteiger partial charge in [-0.05, 0) is 29.8 Å². The zero-order valence-electron chi connectivity index (χ0n) is 23.4. The van der Waals surface area contributed by atoms with E-state index in [1.165, 1.54) is 0 Å². The first-order valence-electron chi connectivity index (χ1n) is 14.5. The van der Waals surface area contributed by atoms with Crippen LogP contribution in [0.5, 0.6) is 0 Å². The monoisotopic (exact) mass is 565 g/mol. The highest BCUT2D eigenvalue weighted by Crippen LogP contribution is 2.44. The van der Waals surface area contributed by atoms with Gasteiger partial charge in [-0.1, -0.05) is 115 Å². The van der Waals surface area contributed by atoms with Crippen LogP contribution in [0.15, 0.2) is 148 Å². The lowest BCUT2D eigenvalue weighted by molar-refractivity contribution is 0.658. The zero-order chi connectivity index (χ0) is 29.0. The molecule has 44 heavy (non-hydrogen) atoms. The number of rotatable bonds is 4. The van der Waals surface area contributed by atoms with Crippen LogP contribution in [-0.4, -0.2) is 15.0 Å². The molecule has 5 nitrogen and oxygen atoms in total. The van der Waals surface area contributed by atoms with Crippen molar-refractivity contribution in [3.8, 4) is 45.3 Å². The van der Waals surface area contributed by atoms with Crippen LogP contribution in [-0.2, 0) is 0 Å². The molecule has 6 aromatic carbocycles. The number of furan rings is 2. The fraction of sp³-hybridized carbons (Fsp3) is 0. The molecule has 3 aromatic heterocycles. The predicted molar refractivity (Wildman–Crippen MR) is 176 cm³/mol. The van der Waals surface area contributed by atoms with E-state index in [0.29, 0.717) is 17.5 Å². The average Bonchev–Trinajstić information content (AvgIpc) is 3.66. The maximum Gasteiger partial charge on any atom is 0.164 e. The molecule has 0 amide bonds. The van der Waals surface area contributed by atoms with Gasteiger partial charge in [-0.2, -0.15) is 0 Å². The largest absolute Gasteiger partial charge is 0.455 e. The quantitative estimate of drug-likeness (QED) is 0.212. The van der Waals surface area contributed by atoms with Crippen molar-refractivity contribution in [1.82, 2.24) is 15.0 Å². The van der Waals surface area contributed by atoms with Crippen molar-refractivity contribution in [2.75, 3.05) is 0 Å². The Kier molecular flexibility index (Phi) is 5.43. The maximum absolute atomic E-state index is 6.54. The van der Waals surface area contributed by atoms with Gasteiger partial charge in [0.25, 0.3) is 0 Å². The van der Waals surface area contributed by atoms with E-state index in [4.69, 9.17) is 23.8 Å². The lowest BCUT2D eigenvalue weighted by Gasteiger charge is -2.10. The van der Waals surface area contributed by atoms with Crippen molar-refractivity contribution in [3.05, 3.63) is 140 Å². The molecule has 9 aromatic rings. The van der Waals surface area contributed by atoms with Gasteiger partial charge in [0.1, 0.15) is 22.3 Å². The second-order valence-corrected chi connectivity index (χ2v) is 10.8. The van der Waals surface area contributed by atoms with Crippen LogP contribution in [0.2, 0.25) is 0 Å². The third-order valence-electron chi connectivity index (χ3n) is 8.12. The van der Waals surface area contributed by atoms with Crippen LogP contribution in [0.3, 0.4) is 0 Å². The molecule has 0 aliphatic carbocycles. The number of fused-ring (bicyclic) bond motifs is 6. The highest BCUT2D eigenvalue weighted by Gasteiger charge is 2.22. The lowest BCUT2D eigenvalue weighted by atomic mass is 9.97. The smallest absolute Gasteiger partial charge is 0.164 e. The molecule has 0 bridgehead atoms. The first-order valence-corrected chi connectivity index (χ1v) is 14.5. The van der Waals surface area contributed by atoms with Crippen LogP contribution < -0.4 is 0 Å². The number of benzene rings is 6. The van der Waals surface area contributed by atoms with Gasteiger partial charge in [0.2, 0.25) is 0 Å². The Morgan fingerprint density at radius 1 is 0.341 bits per heavy atom. The van der Waals surface area contributed by atoms with Crippen LogP contribution in [0, 0.1) is 0 Å². The number of para-hydroxylation sites is 2. The molecule has 3 heterocycles. The van der Waals surface area contributed by atoms with Gasteiger partial charge in [-0.25, -0.2) is 15.0 Å². The molecule has 0 saturated carbocycles. The van der Waals surface area contributed by atoms with Gasteiger partial charge < -0.3 is 8.83 Å². The summed E-state index contributed by atoms with van der Waals surface area (Å²) in [7, 11) is 0. The molecule has 5 heteroatoms. The van der Waals surface area contributed by atoms with Crippen molar-refractivity contribution < 1.29 is 8.83 Å². The molecule has 0 aliphatic rings. The van der Waals surface area contributed by atoms with Gasteiger partial charge in [-0.3, -0.25) is 0 Å². The fourth-order valence-electron chi connectivity index (χ4n) is 6.05. The van der Waals surface area contributed by atoms with Crippen LogP contribution >= 0.6 is 0 Å². The highest BCUT2D eigenvalue weighted by atomic mass is 16.3. The average molecular weight is 566 g/mol. The van der Waals surface area contributed by atoms with E-state index in [9.17, 15) is 0 Å². The highest BCUT2D eigenvalue weighted by molar-refractivity contribution is 6.22. The van der Waals surface area contributed by atoms with E-state index >= 15 is 0 Å². The predicted octanol–water partition coefficient (Wildman–Crippen LogP) is 10.3. The van der Waals surface area contributed by atoms with Gasteiger partial charge in [0.05, 0.1) is 5.56 Å². The number of aromatic nitrogens is 3. The molecular formula is C39H23N3O2. The molecule has 0 fully saturated rings. The summed E-state index contributed by atoms with van der Waals surface area (Å²) >= 11 is 0. The van der Waals surface area contributed by atoms with E-state index in [1.54, 1.807) is 0 Å². The Morgan fingerprint density at radius 2 is 0.773 bits per heavy atom. The summed E-state index contributed by atoms with van der Waals surface area (Å²) in [5.41, 5.74) is 7.87. The molecule has 0 spiro atoms. The van der Waals surface area contributed by atoms with Gasteiger partial charge in [-0.15, -0.1) is 0 Å². The standard InChI is InChI=1S/C39H23N3O2/c1-3-12-24(13-4-1)37-40-38(25-14-5-2-6-15-25)42-39(41-37)27-17-11-16-26(22-27)34-35-30(28-18-7-9-20-32(28)43-35)23-31-29-19-8-10-21-33(29)44-36(31)34/h1-23H. The molecule has 0 unspecified atom stereocenters. The first-order chi connectivity index (χ1) is 21.8. The Labute approximate surface area is 252 Å². The third kappa shape index (κ3) is 3.91. The minimum Gasteiger partial charge on any atom is -0.455 e. The molecule has 206 valence electrons. The van der Waals surface area contributed by atoms with Gasteiger partial charge in [0, 0.05) is 38.2 Å². The molecule has 0 atom stereocenters. The summed E-state index contributed by atoms with van der Waals surface area (Å²) in [6, 6.07) is 46.8. The molecule has 9 rings (SSSR count). The first kappa shape index (κ1) is 24.5.